The molecule has 0 aromatic heterocycles. The van der Waals surface area contributed by atoms with Crippen molar-refractivity contribution in [2.75, 3.05) is 19.6 Å². The second-order valence-electron chi connectivity index (χ2n) is 6.40. The minimum Gasteiger partial charge on any atom is -0.342 e. The average Bonchev–Trinajstić information content (AvgIpc) is 2.51. The van der Waals surface area contributed by atoms with Gasteiger partial charge in [0.1, 0.15) is 0 Å². The maximum Gasteiger partial charge on any atom is 0.229 e. The molecular formula is C14H28N2O. The molecular weight excluding hydrogens is 212 g/mol. The van der Waals surface area contributed by atoms with Crippen LogP contribution in [0.25, 0.3) is 0 Å². The third kappa shape index (κ3) is 3.44. The van der Waals surface area contributed by atoms with Crippen molar-refractivity contribution in [3.8, 4) is 0 Å². The summed E-state index contributed by atoms with van der Waals surface area (Å²) in [5, 5.41) is 0. The van der Waals surface area contributed by atoms with Crippen LogP contribution in [-0.2, 0) is 4.79 Å². The van der Waals surface area contributed by atoms with E-state index in [-0.39, 0.29) is 5.91 Å². The molecule has 0 aliphatic carbocycles. The Bertz CT molecular complexity index is 275. The first-order valence-electron chi connectivity index (χ1n) is 6.84. The zero-order chi connectivity index (χ0) is 13.1. The summed E-state index contributed by atoms with van der Waals surface area (Å²) in [4.78, 5) is 14.4. The van der Waals surface area contributed by atoms with Crippen molar-refractivity contribution in [1.82, 2.24) is 4.90 Å². The summed E-state index contributed by atoms with van der Waals surface area (Å²) in [6.45, 7) is 10.7. The first kappa shape index (κ1) is 14.5. The molecule has 0 bridgehead atoms. The summed E-state index contributed by atoms with van der Waals surface area (Å²) in [5.74, 6) is 0.223. The molecule has 100 valence electrons. The Kier molecular flexibility index (Phi) is 4.59. The summed E-state index contributed by atoms with van der Waals surface area (Å²) in [5.41, 5.74) is 5.69. The molecule has 0 spiro atoms. The SMILES string of the molecule is CCC1(C)CCCN(C(=O)C(C)(C)CN)CC1. The van der Waals surface area contributed by atoms with Crippen LogP contribution in [-0.4, -0.2) is 30.4 Å². The minimum absolute atomic E-state index is 0.223. The molecule has 3 nitrogen and oxygen atoms in total. The Hall–Kier alpha value is -0.570. The predicted molar refractivity (Wildman–Crippen MR) is 71.7 cm³/mol. The molecule has 0 saturated carbocycles. The van der Waals surface area contributed by atoms with Gasteiger partial charge in [-0.05, 0) is 38.5 Å². The normalized spacial score (nSPS) is 26.8. The number of rotatable bonds is 3. The highest BCUT2D eigenvalue weighted by molar-refractivity contribution is 5.82. The molecule has 1 heterocycles. The fraction of sp³-hybridized carbons (Fsp3) is 0.929. The number of likely N-dealkylation sites (tertiary alicyclic amines) is 1. The van der Waals surface area contributed by atoms with Crippen LogP contribution in [0.2, 0.25) is 0 Å². The molecule has 1 aliphatic heterocycles. The molecule has 1 unspecified atom stereocenters. The van der Waals surface area contributed by atoms with Gasteiger partial charge in [-0.1, -0.05) is 20.3 Å². The van der Waals surface area contributed by atoms with Crippen LogP contribution in [0.1, 0.15) is 53.4 Å². The van der Waals surface area contributed by atoms with Crippen LogP contribution >= 0.6 is 0 Å². The monoisotopic (exact) mass is 240 g/mol. The number of nitrogens with zero attached hydrogens (tertiary/aromatic N) is 1. The Morgan fingerprint density at radius 2 is 2.00 bits per heavy atom. The van der Waals surface area contributed by atoms with Crippen molar-refractivity contribution in [3.63, 3.8) is 0 Å². The molecule has 1 atom stereocenters. The number of carbonyl (C=O) groups excluding carboxylic acids is 1. The Morgan fingerprint density at radius 3 is 2.53 bits per heavy atom. The zero-order valence-corrected chi connectivity index (χ0v) is 11.9. The van der Waals surface area contributed by atoms with Crippen LogP contribution in [0, 0.1) is 10.8 Å². The third-order valence-corrected chi connectivity index (χ3v) is 4.42. The van der Waals surface area contributed by atoms with E-state index in [4.69, 9.17) is 5.73 Å². The van der Waals surface area contributed by atoms with E-state index in [0.717, 1.165) is 25.9 Å². The van der Waals surface area contributed by atoms with E-state index < -0.39 is 5.41 Å². The lowest BCUT2D eigenvalue weighted by atomic mass is 9.80. The molecule has 17 heavy (non-hydrogen) atoms. The van der Waals surface area contributed by atoms with E-state index in [9.17, 15) is 4.79 Å². The van der Waals surface area contributed by atoms with Crippen molar-refractivity contribution in [1.29, 1.82) is 0 Å². The van der Waals surface area contributed by atoms with E-state index in [1.54, 1.807) is 0 Å². The number of amides is 1. The highest BCUT2D eigenvalue weighted by atomic mass is 16.2. The summed E-state index contributed by atoms with van der Waals surface area (Å²) in [6, 6.07) is 0. The fourth-order valence-electron chi connectivity index (χ4n) is 2.41. The van der Waals surface area contributed by atoms with Gasteiger partial charge in [0.05, 0.1) is 5.41 Å². The first-order chi connectivity index (χ1) is 7.84. The fourth-order valence-corrected chi connectivity index (χ4v) is 2.41. The molecule has 1 amide bonds. The molecule has 1 fully saturated rings. The Labute approximate surface area is 106 Å². The van der Waals surface area contributed by atoms with Gasteiger partial charge in [-0.15, -0.1) is 0 Å². The smallest absolute Gasteiger partial charge is 0.229 e. The third-order valence-electron chi connectivity index (χ3n) is 4.42. The van der Waals surface area contributed by atoms with E-state index in [0.29, 0.717) is 12.0 Å². The first-order valence-corrected chi connectivity index (χ1v) is 6.84. The van der Waals surface area contributed by atoms with Gasteiger partial charge < -0.3 is 10.6 Å². The molecule has 1 rings (SSSR count). The minimum atomic E-state index is -0.410. The van der Waals surface area contributed by atoms with Crippen LogP contribution < -0.4 is 5.73 Å². The Balaban J connectivity index is 2.66. The summed E-state index contributed by atoms with van der Waals surface area (Å²) >= 11 is 0. The van der Waals surface area contributed by atoms with Gasteiger partial charge in [-0.3, -0.25) is 4.79 Å². The van der Waals surface area contributed by atoms with E-state index in [1.807, 2.05) is 18.7 Å². The number of hydrogen-bond acceptors (Lipinski definition) is 2. The van der Waals surface area contributed by atoms with E-state index in [1.165, 1.54) is 12.8 Å². The second kappa shape index (κ2) is 5.38. The van der Waals surface area contributed by atoms with Crippen LogP contribution in [0.3, 0.4) is 0 Å². The summed E-state index contributed by atoms with van der Waals surface area (Å²) in [7, 11) is 0. The van der Waals surface area contributed by atoms with Gasteiger partial charge >= 0.3 is 0 Å². The predicted octanol–water partition coefficient (Wildman–Crippen LogP) is 2.40. The largest absolute Gasteiger partial charge is 0.342 e. The highest BCUT2D eigenvalue weighted by Gasteiger charge is 2.34. The quantitative estimate of drug-likeness (QED) is 0.823. The lowest BCUT2D eigenvalue weighted by molar-refractivity contribution is -0.139. The van der Waals surface area contributed by atoms with Crippen LogP contribution in [0.4, 0.5) is 0 Å². The highest BCUT2D eigenvalue weighted by Crippen LogP contribution is 2.34. The summed E-state index contributed by atoms with van der Waals surface area (Å²) < 4.78 is 0. The Morgan fingerprint density at radius 1 is 1.35 bits per heavy atom. The van der Waals surface area contributed by atoms with Crippen LogP contribution in [0.5, 0.6) is 0 Å². The van der Waals surface area contributed by atoms with Crippen molar-refractivity contribution in [2.24, 2.45) is 16.6 Å². The topological polar surface area (TPSA) is 46.3 Å². The molecule has 3 heteroatoms. The lowest BCUT2D eigenvalue weighted by Gasteiger charge is -2.31. The molecule has 2 N–H and O–H groups in total. The molecule has 1 saturated heterocycles. The molecule has 1 aliphatic rings. The zero-order valence-electron chi connectivity index (χ0n) is 11.9. The van der Waals surface area contributed by atoms with E-state index in [2.05, 4.69) is 13.8 Å². The van der Waals surface area contributed by atoms with Crippen molar-refractivity contribution in [3.05, 3.63) is 0 Å². The maximum absolute atomic E-state index is 12.3. The van der Waals surface area contributed by atoms with Gasteiger partial charge in [-0.25, -0.2) is 0 Å². The standard InChI is InChI=1S/C14H28N2O/c1-5-14(4)7-6-9-16(10-8-14)12(17)13(2,3)11-15/h5-11,15H2,1-4H3. The van der Waals surface area contributed by atoms with Gasteiger partial charge in [0.2, 0.25) is 5.91 Å². The molecule has 0 aromatic rings. The second-order valence-corrected chi connectivity index (χ2v) is 6.40. The summed E-state index contributed by atoms with van der Waals surface area (Å²) in [6.07, 6.45) is 4.68. The van der Waals surface area contributed by atoms with Crippen molar-refractivity contribution in [2.45, 2.75) is 53.4 Å². The number of hydrogen-bond donors (Lipinski definition) is 1. The molecule has 0 aromatic carbocycles. The maximum atomic E-state index is 12.3. The van der Waals surface area contributed by atoms with Gasteiger partial charge in [0.15, 0.2) is 0 Å². The van der Waals surface area contributed by atoms with Gasteiger partial charge in [0, 0.05) is 19.6 Å². The average molecular weight is 240 g/mol. The molecule has 0 radical (unpaired) electrons. The van der Waals surface area contributed by atoms with Gasteiger partial charge in [-0.2, -0.15) is 0 Å². The van der Waals surface area contributed by atoms with Crippen LogP contribution in [0.15, 0.2) is 0 Å². The van der Waals surface area contributed by atoms with Crippen molar-refractivity contribution >= 4 is 5.91 Å². The lowest BCUT2D eigenvalue weighted by Crippen LogP contribution is -2.45. The van der Waals surface area contributed by atoms with E-state index >= 15 is 0 Å². The van der Waals surface area contributed by atoms with Gasteiger partial charge in [0.25, 0.3) is 0 Å². The number of carbonyl (C=O) groups is 1. The van der Waals surface area contributed by atoms with Crippen molar-refractivity contribution < 1.29 is 4.79 Å². The number of nitrogens with two attached hydrogens (primary N) is 1.